The number of benzene rings is 1. The quantitative estimate of drug-likeness (QED) is 0.599. The lowest BCUT2D eigenvalue weighted by Gasteiger charge is -2.29. The number of thioether (sulfide) groups is 1. The van der Waals surface area contributed by atoms with E-state index in [1.807, 2.05) is 36.0 Å². The Morgan fingerprint density at radius 2 is 1.90 bits per heavy atom. The molecule has 0 heterocycles. The van der Waals surface area contributed by atoms with Gasteiger partial charge in [-0.3, -0.25) is 4.79 Å². The summed E-state index contributed by atoms with van der Waals surface area (Å²) in [6, 6.07) is 7.43. The van der Waals surface area contributed by atoms with Gasteiger partial charge in [0.25, 0.3) is 0 Å². The standard InChI is InChI=1S/C16H24N2OS/c1-4-16(5-2,20-3)12-18-15(19)11-8-13-6-9-14(17)10-7-13/h6-11H,4-5,12,17H2,1-3H3,(H,18,19)/b11-8+. The Kier molecular flexibility index (Phi) is 6.65. The van der Waals surface area contributed by atoms with Crippen LogP contribution in [-0.2, 0) is 4.79 Å². The van der Waals surface area contributed by atoms with Gasteiger partial charge in [0.2, 0.25) is 5.91 Å². The van der Waals surface area contributed by atoms with E-state index in [0.717, 1.165) is 24.1 Å². The number of hydrogen-bond acceptors (Lipinski definition) is 3. The van der Waals surface area contributed by atoms with E-state index >= 15 is 0 Å². The summed E-state index contributed by atoms with van der Waals surface area (Å²) >= 11 is 1.82. The van der Waals surface area contributed by atoms with Crippen LogP contribution in [0.4, 0.5) is 5.69 Å². The second-order valence-corrected chi connectivity index (χ2v) is 6.09. The van der Waals surface area contributed by atoms with Crippen molar-refractivity contribution in [2.75, 3.05) is 18.5 Å². The minimum atomic E-state index is -0.0536. The van der Waals surface area contributed by atoms with E-state index in [1.54, 1.807) is 12.2 Å². The molecule has 4 heteroatoms. The summed E-state index contributed by atoms with van der Waals surface area (Å²) in [5, 5.41) is 2.99. The number of hydrogen-bond donors (Lipinski definition) is 2. The number of nitrogens with one attached hydrogen (secondary N) is 1. The maximum Gasteiger partial charge on any atom is 0.244 e. The first-order valence-electron chi connectivity index (χ1n) is 6.92. The molecule has 1 rings (SSSR count). The van der Waals surface area contributed by atoms with Gasteiger partial charge >= 0.3 is 0 Å². The van der Waals surface area contributed by atoms with E-state index in [2.05, 4.69) is 25.4 Å². The van der Waals surface area contributed by atoms with Gasteiger partial charge in [-0.2, -0.15) is 11.8 Å². The summed E-state index contributed by atoms with van der Waals surface area (Å²) in [4.78, 5) is 11.8. The van der Waals surface area contributed by atoms with Crippen molar-refractivity contribution in [1.29, 1.82) is 0 Å². The summed E-state index contributed by atoms with van der Waals surface area (Å²) in [5.74, 6) is -0.0536. The molecule has 110 valence electrons. The molecule has 1 aromatic carbocycles. The number of carbonyl (C=O) groups is 1. The number of carbonyl (C=O) groups excluding carboxylic acids is 1. The number of nitrogen functional groups attached to an aromatic ring is 1. The van der Waals surface area contributed by atoms with Gasteiger partial charge in [0.15, 0.2) is 0 Å². The van der Waals surface area contributed by atoms with Crippen LogP contribution in [-0.4, -0.2) is 23.5 Å². The second-order valence-electron chi connectivity index (χ2n) is 4.81. The number of rotatable bonds is 7. The minimum absolute atomic E-state index is 0.0536. The number of anilines is 1. The molecule has 0 radical (unpaired) electrons. The molecule has 3 N–H and O–H groups in total. The Labute approximate surface area is 126 Å². The molecule has 0 aromatic heterocycles. The predicted molar refractivity (Wildman–Crippen MR) is 89.7 cm³/mol. The van der Waals surface area contributed by atoms with Crippen LogP contribution >= 0.6 is 11.8 Å². The van der Waals surface area contributed by atoms with Crippen molar-refractivity contribution in [1.82, 2.24) is 5.32 Å². The molecule has 0 fully saturated rings. The van der Waals surface area contributed by atoms with Crippen LogP contribution in [0.15, 0.2) is 30.3 Å². The van der Waals surface area contributed by atoms with Gasteiger partial charge in [0.05, 0.1) is 0 Å². The van der Waals surface area contributed by atoms with Crippen LogP contribution in [0, 0.1) is 0 Å². The highest BCUT2D eigenvalue weighted by molar-refractivity contribution is 8.00. The summed E-state index contributed by atoms with van der Waals surface area (Å²) in [5.41, 5.74) is 7.31. The zero-order valence-electron chi connectivity index (χ0n) is 12.5. The molecular weight excluding hydrogens is 268 g/mol. The second kappa shape index (κ2) is 8.00. The summed E-state index contributed by atoms with van der Waals surface area (Å²) < 4.78 is 0.144. The fraction of sp³-hybridized carbons (Fsp3) is 0.438. The number of nitrogens with two attached hydrogens (primary N) is 1. The zero-order valence-corrected chi connectivity index (χ0v) is 13.3. The van der Waals surface area contributed by atoms with Crippen molar-refractivity contribution in [2.45, 2.75) is 31.4 Å². The number of amides is 1. The lowest BCUT2D eigenvalue weighted by Crippen LogP contribution is -2.38. The predicted octanol–water partition coefficient (Wildman–Crippen LogP) is 3.32. The molecule has 0 aliphatic heterocycles. The smallest absolute Gasteiger partial charge is 0.244 e. The maximum atomic E-state index is 11.8. The van der Waals surface area contributed by atoms with E-state index in [9.17, 15) is 4.79 Å². The summed E-state index contributed by atoms with van der Waals surface area (Å²) in [6.45, 7) is 5.03. The first kappa shape index (κ1) is 16.6. The molecule has 0 atom stereocenters. The van der Waals surface area contributed by atoms with Gasteiger partial charge < -0.3 is 11.1 Å². The van der Waals surface area contributed by atoms with Crippen LogP contribution in [0.3, 0.4) is 0 Å². The highest BCUT2D eigenvalue weighted by Gasteiger charge is 2.24. The van der Waals surface area contributed by atoms with Crippen LogP contribution < -0.4 is 11.1 Å². The van der Waals surface area contributed by atoms with Gasteiger partial charge in [-0.1, -0.05) is 26.0 Å². The third kappa shape index (κ3) is 4.93. The van der Waals surface area contributed by atoms with Crippen LogP contribution in [0.1, 0.15) is 32.3 Å². The molecular formula is C16H24N2OS. The molecule has 3 nitrogen and oxygen atoms in total. The largest absolute Gasteiger partial charge is 0.399 e. The van der Waals surface area contributed by atoms with Crippen molar-refractivity contribution < 1.29 is 4.79 Å². The molecule has 0 saturated heterocycles. The van der Waals surface area contributed by atoms with E-state index in [1.165, 1.54) is 0 Å². The Hall–Kier alpha value is -1.42. The summed E-state index contributed by atoms with van der Waals surface area (Å²) in [6.07, 6.45) is 7.57. The monoisotopic (exact) mass is 292 g/mol. The molecule has 0 bridgehead atoms. The first-order chi connectivity index (χ1) is 9.55. The van der Waals surface area contributed by atoms with Crippen molar-refractivity contribution in [2.24, 2.45) is 0 Å². The highest BCUT2D eigenvalue weighted by atomic mass is 32.2. The molecule has 0 unspecified atom stereocenters. The molecule has 0 spiro atoms. The van der Waals surface area contributed by atoms with E-state index in [4.69, 9.17) is 5.73 Å². The highest BCUT2D eigenvalue weighted by Crippen LogP contribution is 2.29. The molecule has 0 aliphatic rings. The van der Waals surface area contributed by atoms with Gasteiger partial charge in [0, 0.05) is 23.1 Å². The Morgan fingerprint density at radius 3 is 2.40 bits per heavy atom. The van der Waals surface area contributed by atoms with E-state index in [-0.39, 0.29) is 10.7 Å². The Morgan fingerprint density at radius 1 is 1.30 bits per heavy atom. The molecule has 1 aromatic rings. The van der Waals surface area contributed by atoms with E-state index < -0.39 is 0 Å². The van der Waals surface area contributed by atoms with Crippen LogP contribution in [0.2, 0.25) is 0 Å². The minimum Gasteiger partial charge on any atom is -0.399 e. The van der Waals surface area contributed by atoms with Crippen molar-refractivity contribution in [3.05, 3.63) is 35.9 Å². The summed E-state index contributed by atoms with van der Waals surface area (Å²) in [7, 11) is 0. The third-order valence-corrected chi connectivity index (χ3v) is 5.26. The third-order valence-electron chi connectivity index (χ3n) is 3.67. The normalized spacial score (nSPS) is 11.8. The van der Waals surface area contributed by atoms with Crippen LogP contribution in [0.25, 0.3) is 6.08 Å². The van der Waals surface area contributed by atoms with Gasteiger partial charge in [0.1, 0.15) is 0 Å². The van der Waals surface area contributed by atoms with E-state index in [0.29, 0.717) is 6.54 Å². The average Bonchev–Trinajstić information content (AvgIpc) is 2.48. The average molecular weight is 292 g/mol. The topological polar surface area (TPSA) is 55.1 Å². The lowest BCUT2D eigenvalue weighted by molar-refractivity contribution is -0.116. The fourth-order valence-electron chi connectivity index (χ4n) is 1.95. The molecule has 20 heavy (non-hydrogen) atoms. The molecule has 0 saturated carbocycles. The fourth-order valence-corrected chi connectivity index (χ4v) is 2.74. The molecule has 1 amide bonds. The molecule has 0 aliphatic carbocycles. The lowest BCUT2D eigenvalue weighted by atomic mass is 10.0. The van der Waals surface area contributed by atoms with Crippen molar-refractivity contribution >= 4 is 29.4 Å². The maximum absolute atomic E-state index is 11.8. The van der Waals surface area contributed by atoms with Gasteiger partial charge in [-0.05, 0) is 42.9 Å². The van der Waals surface area contributed by atoms with Crippen molar-refractivity contribution in [3.8, 4) is 0 Å². The Balaban J connectivity index is 2.53. The van der Waals surface area contributed by atoms with Crippen LogP contribution in [0.5, 0.6) is 0 Å². The zero-order chi connectivity index (χ0) is 15.0. The van der Waals surface area contributed by atoms with Crippen molar-refractivity contribution in [3.63, 3.8) is 0 Å². The Bertz CT molecular complexity index is 442. The SMILES string of the molecule is CCC(CC)(CNC(=O)/C=C/c1ccc(N)cc1)SC. The van der Waals surface area contributed by atoms with Gasteiger partial charge in [-0.15, -0.1) is 0 Å². The first-order valence-corrected chi connectivity index (χ1v) is 8.14. The van der Waals surface area contributed by atoms with Gasteiger partial charge in [-0.25, -0.2) is 0 Å².